The summed E-state index contributed by atoms with van der Waals surface area (Å²) in [5.41, 5.74) is 6.57. The molecule has 33 heavy (non-hydrogen) atoms. The van der Waals surface area contributed by atoms with Crippen LogP contribution in [0.5, 0.6) is 0 Å². The Morgan fingerprint density at radius 1 is 0.939 bits per heavy atom. The van der Waals surface area contributed by atoms with Crippen LogP contribution < -0.4 is 21.7 Å². The van der Waals surface area contributed by atoms with Gasteiger partial charge in [0.2, 0.25) is 17.7 Å². The zero-order valence-corrected chi connectivity index (χ0v) is 19.0. The fraction of sp³-hybridized carbons (Fsp3) is 0.600. The molecule has 4 unspecified atom stereocenters. The van der Waals surface area contributed by atoms with Gasteiger partial charge in [0.05, 0.1) is 18.8 Å². The number of amides is 3. The number of hydrogen-bond acceptors (Lipinski definition) is 7. The first-order chi connectivity index (χ1) is 15.3. The molecule has 1 heterocycles. The average molecular weight is 469 g/mol. The second-order valence-corrected chi connectivity index (χ2v) is 8.35. The number of hydrogen-bond donors (Lipinski definition) is 7. The predicted octanol–water partition coefficient (Wildman–Crippen LogP) is -1.39. The van der Waals surface area contributed by atoms with E-state index in [9.17, 15) is 24.0 Å². The molecule has 0 saturated heterocycles. The first-order valence-corrected chi connectivity index (χ1v) is 10.4. The Kier molecular flexibility index (Phi) is 10.5. The molecule has 0 aromatic carbocycles. The zero-order chi connectivity index (χ0) is 25.3. The van der Waals surface area contributed by atoms with Gasteiger partial charge in [-0.1, -0.05) is 27.7 Å². The van der Waals surface area contributed by atoms with E-state index in [1.807, 2.05) is 0 Å². The standard InChI is InChI=1S/C20H32N6O7/c1-9(2)15(18(30)24-13(20(32)33)6-14(27)28)26-19(31)16(10(3)4)25-17(29)12(21)5-11-7-22-8-23-11/h7-10,12-13,15-16H,5-6,21H2,1-4H3,(H,22,23)(H,24,30)(H,25,29)(H,26,31)(H,27,28)(H,32,33). The highest BCUT2D eigenvalue weighted by molar-refractivity contribution is 5.94. The van der Waals surface area contributed by atoms with Gasteiger partial charge in [-0.3, -0.25) is 19.2 Å². The summed E-state index contributed by atoms with van der Waals surface area (Å²) in [6.07, 6.45) is 2.33. The lowest BCUT2D eigenvalue weighted by atomic mass is 9.98. The van der Waals surface area contributed by atoms with Gasteiger partial charge in [-0.15, -0.1) is 0 Å². The molecular weight excluding hydrogens is 436 g/mol. The molecule has 1 rings (SSSR count). The number of carboxylic acids is 2. The molecule has 0 radical (unpaired) electrons. The van der Waals surface area contributed by atoms with Gasteiger partial charge in [0.25, 0.3) is 0 Å². The van der Waals surface area contributed by atoms with Crippen LogP contribution in [0.2, 0.25) is 0 Å². The molecular formula is C20H32N6O7. The Morgan fingerprint density at radius 2 is 1.45 bits per heavy atom. The van der Waals surface area contributed by atoms with E-state index in [0.29, 0.717) is 5.69 Å². The number of carbonyl (C=O) groups is 5. The number of nitrogens with two attached hydrogens (primary N) is 1. The topological polar surface area (TPSA) is 217 Å². The van der Waals surface area contributed by atoms with E-state index in [1.54, 1.807) is 27.7 Å². The predicted molar refractivity (Wildman–Crippen MR) is 116 cm³/mol. The Balaban J connectivity index is 2.87. The summed E-state index contributed by atoms with van der Waals surface area (Å²) < 4.78 is 0. The minimum absolute atomic E-state index is 0.176. The first-order valence-electron chi connectivity index (χ1n) is 10.4. The van der Waals surface area contributed by atoms with Gasteiger partial charge >= 0.3 is 11.9 Å². The molecule has 0 spiro atoms. The van der Waals surface area contributed by atoms with E-state index >= 15 is 0 Å². The summed E-state index contributed by atoms with van der Waals surface area (Å²) >= 11 is 0. The Bertz CT molecular complexity index is 840. The van der Waals surface area contributed by atoms with Crippen LogP contribution in [-0.2, 0) is 30.4 Å². The maximum Gasteiger partial charge on any atom is 0.326 e. The fourth-order valence-electron chi connectivity index (χ4n) is 2.94. The molecule has 13 nitrogen and oxygen atoms in total. The van der Waals surface area contributed by atoms with Gasteiger partial charge in [0.1, 0.15) is 18.1 Å². The summed E-state index contributed by atoms with van der Waals surface area (Å²) in [7, 11) is 0. The molecule has 0 aliphatic heterocycles. The number of nitrogens with zero attached hydrogens (tertiary/aromatic N) is 1. The molecule has 4 atom stereocenters. The van der Waals surface area contributed by atoms with Gasteiger partial charge in [0, 0.05) is 18.3 Å². The maximum atomic E-state index is 12.9. The van der Waals surface area contributed by atoms with Gasteiger partial charge < -0.3 is 36.9 Å². The normalized spacial score (nSPS) is 14.8. The zero-order valence-electron chi connectivity index (χ0n) is 19.0. The highest BCUT2D eigenvalue weighted by atomic mass is 16.4. The van der Waals surface area contributed by atoms with Crippen molar-refractivity contribution in [3.8, 4) is 0 Å². The van der Waals surface area contributed by atoms with Crippen molar-refractivity contribution in [3.05, 3.63) is 18.2 Å². The molecule has 8 N–H and O–H groups in total. The SMILES string of the molecule is CC(C)C(NC(=O)C(N)Cc1cnc[nH]1)C(=O)NC(C(=O)NC(CC(=O)O)C(=O)O)C(C)C. The van der Waals surface area contributed by atoms with Crippen LogP contribution in [0.25, 0.3) is 0 Å². The lowest BCUT2D eigenvalue weighted by Gasteiger charge is -2.28. The van der Waals surface area contributed by atoms with Crippen LogP contribution in [0.15, 0.2) is 12.5 Å². The van der Waals surface area contributed by atoms with E-state index in [2.05, 4.69) is 25.9 Å². The Labute approximate surface area is 190 Å². The number of imidazole rings is 1. The molecule has 1 aromatic rings. The molecule has 184 valence electrons. The number of aromatic amines is 1. The molecule has 13 heteroatoms. The third-order valence-corrected chi connectivity index (χ3v) is 4.82. The lowest BCUT2D eigenvalue weighted by Crippen LogP contribution is -2.59. The van der Waals surface area contributed by atoms with Crippen molar-refractivity contribution in [2.45, 2.75) is 64.7 Å². The Hall–Kier alpha value is -3.48. The second kappa shape index (κ2) is 12.5. The fourth-order valence-corrected chi connectivity index (χ4v) is 2.94. The smallest absolute Gasteiger partial charge is 0.326 e. The van der Waals surface area contributed by atoms with Gasteiger partial charge in [-0.05, 0) is 11.8 Å². The quantitative estimate of drug-likeness (QED) is 0.181. The van der Waals surface area contributed by atoms with Crippen LogP contribution in [-0.4, -0.2) is 74.0 Å². The highest BCUT2D eigenvalue weighted by Gasteiger charge is 2.33. The van der Waals surface area contributed by atoms with Crippen molar-refractivity contribution in [1.82, 2.24) is 25.9 Å². The van der Waals surface area contributed by atoms with Gasteiger partial charge in [0.15, 0.2) is 0 Å². The molecule has 0 bridgehead atoms. The van der Waals surface area contributed by atoms with Crippen LogP contribution in [0.3, 0.4) is 0 Å². The summed E-state index contributed by atoms with van der Waals surface area (Å²) in [6, 6.07) is -4.79. The summed E-state index contributed by atoms with van der Waals surface area (Å²) in [4.78, 5) is 66.8. The van der Waals surface area contributed by atoms with Crippen molar-refractivity contribution in [2.75, 3.05) is 0 Å². The number of nitrogens with one attached hydrogen (secondary N) is 4. The average Bonchev–Trinajstić information content (AvgIpc) is 3.21. The second-order valence-electron chi connectivity index (χ2n) is 8.35. The highest BCUT2D eigenvalue weighted by Crippen LogP contribution is 2.08. The van der Waals surface area contributed by atoms with Crippen molar-refractivity contribution in [2.24, 2.45) is 17.6 Å². The van der Waals surface area contributed by atoms with Crippen LogP contribution >= 0.6 is 0 Å². The molecule has 0 aliphatic rings. The third kappa shape index (κ3) is 8.88. The third-order valence-electron chi connectivity index (χ3n) is 4.82. The summed E-state index contributed by atoms with van der Waals surface area (Å²) in [6.45, 7) is 6.65. The monoisotopic (exact) mass is 468 g/mol. The Morgan fingerprint density at radius 3 is 1.88 bits per heavy atom. The molecule has 0 aliphatic carbocycles. The number of aromatic nitrogens is 2. The maximum absolute atomic E-state index is 12.9. The van der Waals surface area contributed by atoms with E-state index in [4.69, 9.17) is 15.9 Å². The van der Waals surface area contributed by atoms with Crippen LogP contribution in [0.1, 0.15) is 39.8 Å². The minimum atomic E-state index is -1.66. The molecule has 3 amide bonds. The minimum Gasteiger partial charge on any atom is -0.481 e. The summed E-state index contributed by atoms with van der Waals surface area (Å²) in [5, 5.41) is 25.2. The van der Waals surface area contributed by atoms with Crippen molar-refractivity contribution in [3.63, 3.8) is 0 Å². The van der Waals surface area contributed by atoms with E-state index in [-0.39, 0.29) is 12.3 Å². The van der Waals surface area contributed by atoms with Crippen molar-refractivity contribution < 1.29 is 34.2 Å². The van der Waals surface area contributed by atoms with Crippen molar-refractivity contribution >= 4 is 29.7 Å². The summed E-state index contributed by atoms with van der Waals surface area (Å²) in [5.74, 6) is -5.82. The van der Waals surface area contributed by atoms with Gasteiger partial charge in [-0.25, -0.2) is 9.78 Å². The molecule has 0 fully saturated rings. The van der Waals surface area contributed by atoms with Gasteiger partial charge in [-0.2, -0.15) is 0 Å². The lowest BCUT2D eigenvalue weighted by molar-refractivity contribution is -0.147. The van der Waals surface area contributed by atoms with E-state index in [1.165, 1.54) is 12.5 Å². The number of rotatable bonds is 13. The largest absolute Gasteiger partial charge is 0.481 e. The van der Waals surface area contributed by atoms with Crippen LogP contribution in [0.4, 0.5) is 0 Å². The van der Waals surface area contributed by atoms with E-state index in [0.717, 1.165) is 0 Å². The molecule has 1 aromatic heterocycles. The van der Waals surface area contributed by atoms with Crippen molar-refractivity contribution in [1.29, 1.82) is 0 Å². The number of aliphatic carboxylic acids is 2. The van der Waals surface area contributed by atoms with E-state index < -0.39 is 66.2 Å². The first kappa shape index (κ1) is 27.6. The van der Waals surface area contributed by atoms with Crippen LogP contribution in [0, 0.1) is 11.8 Å². The number of H-pyrrole nitrogens is 1. The number of carbonyl (C=O) groups excluding carboxylic acids is 3. The molecule has 0 saturated carbocycles. The number of carboxylic acid groups (broad SMARTS) is 2.